The lowest BCUT2D eigenvalue weighted by Crippen LogP contribution is -2.14. The number of para-hydroxylation sites is 1. The van der Waals surface area contributed by atoms with E-state index in [-0.39, 0.29) is 33.1 Å². The van der Waals surface area contributed by atoms with Gasteiger partial charge in [-0.15, -0.1) is 0 Å². The van der Waals surface area contributed by atoms with Crippen LogP contribution >= 0.6 is 0 Å². The number of phenolic OH excluding ortho intramolecular Hbond substituents is 2. The molecule has 0 aliphatic carbocycles. The van der Waals surface area contributed by atoms with Crippen molar-refractivity contribution in [3.8, 4) is 11.5 Å². The van der Waals surface area contributed by atoms with Crippen LogP contribution in [0.3, 0.4) is 0 Å². The summed E-state index contributed by atoms with van der Waals surface area (Å²) in [6, 6.07) is 16.4. The lowest BCUT2D eigenvalue weighted by Gasteiger charge is -2.25. The van der Waals surface area contributed by atoms with Crippen LogP contribution in [0.5, 0.6) is 11.5 Å². The molecule has 0 saturated carbocycles. The van der Waals surface area contributed by atoms with Crippen molar-refractivity contribution in [3.63, 3.8) is 0 Å². The zero-order valence-electron chi connectivity index (χ0n) is 22.6. The molecule has 0 aromatic heterocycles. The van der Waals surface area contributed by atoms with Gasteiger partial charge < -0.3 is 20.6 Å². The van der Waals surface area contributed by atoms with Crippen molar-refractivity contribution in [2.45, 2.75) is 72.6 Å². The summed E-state index contributed by atoms with van der Waals surface area (Å²) >= 11 is 0. The van der Waals surface area contributed by atoms with Crippen molar-refractivity contribution >= 4 is 23.0 Å². The Bertz CT molecular complexity index is 1130. The molecule has 3 N–H and O–H groups in total. The molecular weight excluding hydrogens is 467 g/mol. The number of rotatable bonds is 3. The number of hydrogen-bond donors (Lipinski definition) is 3. The zero-order chi connectivity index (χ0) is 26.6. The van der Waals surface area contributed by atoms with Crippen molar-refractivity contribution < 1.29 is 20.3 Å². The Labute approximate surface area is 225 Å². The number of hydrogen-bond acceptors (Lipinski definition) is 4. The molecule has 0 fully saturated rings. The fraction of sp³-hybridized carbons (Fsp3) is 0.379. The van der Waals surface area contributed by atoms with E-state index >= 15 is 0 Å². The predicted octanol–water partition coefficient (Wildman–Crippen LogP) is 7.19. The molecule has 0 aliphatic rings. The van der Waals surface area contributed by atoms with Gasteiger partial charge in [0.15, 0.2) is 0 Å². The summed E-state index contributed by atoms with van der Waals surface area (Å²) in [6.07, 6.45) is 0.521. The molecule has 0 saturated heterocycles. The first kappa shape index (κ1) is 31.0. The molecule has 0 amide bonds. The second-order valence-corrected chi connectivity index (χ2v) is 11.0. The molecule has 36 heavy (non-hydrogen) atoms. The van der Waals surface area contributed by atoms with Gasteiger partial charge in [-0.1, -0.05) is 95.1 Å². The first-order chi connectivity index (χ1) is 16.1. The van der Waals surface area contributed by atoms with Gasteiger partial charge in [-0.05, 0) is 51.8 Å². The van der Waals surface area contributed by atoms with E-state index in [1.54, 1.807) is 30.3 Å². The summed E-state index contributed by atoms with van der Waals surface area (Å²) in [4.78, 5) is 0.139. The van der Waals surface area contributed by atoms with Crippen molar-refractivity contribution in [2.24, 2.45) is 5.28 Å². The van der Waals surface area contributed by atoms with E-state index < -0.39 is 0 Å². The van der Waals surface area contributed by atoms with Gasteiger partial charge in [-0.25, -0.2) is 0 Å². The third-order valence-corrected chi connectivity index (χ3v) is 5.72. The fourth-order valence-corrected chi connectivity index (χ4v) is 3.93. The Morgan fingerprint density at radius 3 is 1.47 bits per heavy atom. The molecule has 3 aromatic rings. The molecule has 7 heteroatoms. The Balaban J connectivity index is 0.000000495. The topological polar surface area (TPSA) is 99.1 Å². The van der Waals surface area contributed by atoms with Crippen molar-refractivity contribution in [3.05, 3.63) is 93.2 Å². The van der Waals surface area contributed by atoms with Gasteiger partial charge in [-0.3, -0.25) is 0 Å². The normalized spacial score (nSPS) is 11.8. The predicted molar refractivity (Wildman–Crippen MR) is 146 cm³/mol. The van der Waals surface area contributed by atoms with E-state index in [1.807, 2.05) is 12.1 Å². The maximum Gasteiger partial charge on any atom is 0.248 e. The number of phenols is 2. The van der Waals surface area contributed by atoms with Gasteiger partial charge in [0.05, 0.1) is 0 Å². The summed E-state index contributed by atoms with van der Waals surface area (Å²) < 4.78 is 0. The summed E-state index contributed by atoms with van der Waals surface area (Å²) in [6.45, 7) is 16.7. The van der Waals surface area contributed by atoms with Gasteiger partial charge in [0.1, 0.15) is 11.5 Å². The Kier molecular flexibility index (Phi) is 10.6. The van der Waals surface area contributed by atoms with Crippen LogP contribution in [0.1, 0.15) is 74.9 Å². The minimum atomic E-state index is -0.129. The monoisotopic (exact) mass is 505 g/mol. The second-order valence-electron chi connectivity index (χ2n) is 11.0. The average Bonchev–Trinajstić information content (AvgIpc) is 2.77. The molecule has 0 heterocycles. The highest BCUT2D eigenvalue weighted by molar-refractivity contribution is 5.75. The zero-order valence-corrected chi connectivity index (χ0v) is 23.8. The second kappa shape index (κ2) is 12.3. The van der Waals surface area contributed by atoms with Crippen LogP contribution in [0.25, 0.3) is 0 Å². The fourth-order valence-electron chi connectivity index (χ4n) is 3.93. The van der Waals surface area contributed by atoms with Crippen LogP contribution in [-0.4, -0.2) is 37.6 Å². The standard InChI is InChI=1S/C23H32O2.C6H6N2O2.Al/c1-14-9-16(20(24)18(11-14)22(3,4)5)13-17-10-15(2)12-19(21(17)25)23(6,7)8;9-7-8(10)6-4-2-1-3-5-6;/h9-12,24-25H,13H2,1-8H3;1-5,9H;. The number of aromatic hydroxyl groups is 2. The summed E-state index contributed by atoms with van der Waals surface area (Å²) in [5.41, 5.74) is 5.94. The van der Waals surface area contributed by atoms with E-state index in [4.69, 9.17) is 5.21 Å². The van der Waals surface area contributed by atoms with Gasteiger partial charge >= 0.3 is 0 Å². The molecule has 0 atom stereocenters. The largest absolute Gasteiger partial charge is 0.592 e. The van der Waals surface area contributed by atoms with Crippen LogP contribution in [0.4, 0.5) is 5.69 Å². The van der Waals surface area contributed by atoms with Crippen LogP contribution in [-0.2, 0) is 17.3 Å². The summed E-state index contributed by atoms with van der Waals surface area (Å²) in [5, 5.41) is 42.6. The lowest BCUT2D eigenvalue weighted by atomic mass is 9.81. The molecule has 0 aliphatic heterocycles. The van der Waals surface area contributed by atoms with Gasteiger partial charge in [0.2, 0.25) is 11.0 Å². The highest BCUT2D eigenvalue weighted by Crippen LogP contribution is 2.39. The molecule has 3 rings (SSSR count). The van der Waals surface area contributed by atoms with E-state index in [9.17, 15) is 15.4 Å². The minimum absolute atomic E-state index is 0. The smallest absolute Gasteiger partial charge is 0.248 e. The summed E-state index contributed by atoms with van der Waals surface area (Å²) in [7, 11) is 0. The quantitative estimate of drug-likeness (QED) is 0.152. The summed E-state index contributed by atoms with van der Waals surface area (Å²) in [5.74, 6) is 0.688. The van der Waals surface area contributed by atoms with Gasteiger partial charge in [0, 0.05) is 35.9 Å². The molecule has 3 aromatic carbocycles. The van der Waals surface area contributed by atoms with Gasteiger partial charge in [-0.2, -0.15) is 0 Å². The molecule has 3 radical (unpaired) electrons. The lowest BCUT2D eigenvalue weighted by molar-refractivity contribution is -0.473. The number of aryl methyl sites for hydroxylation is 2. The number of benzene rings is 3. The molecule has 191 valence electrons. The van der Waals surface area contributed by atoms with E-state index in [2.05, 4.69) is 72.8 Å². The first-order valence-electron chi connectivity index (χ1n) is 11.7. The van der Waals surface area contributed by atoms with Crippen LogP contribution in [0, 0.1) is 19.1 Å². The SMILES string of the molecule is Cc1cc(Cc2cc(C)cc(C(C)(C)C)c2O)c(O)c(C(C)(C)C)c1.[Al].[O-][N+](=NO)c1ccccc1. The third-order valence-electron chi connectivity index (χ3n) is 5.72. The molecular formula is C29H38AlN2O4. The van der Waals surface area contributed by atoms with E-state index in [1.165, 1.54) is 0 Å². The van der Waals surface area contributed by atoms with Gasteiger partial charge in [0.25, 0.3) is 0 Å². The third kappa shape index (κ3) is 8.01. The van der Waals surface area contributed by atoms with Crippen LogP contribution in [0.15, 0.2) is 59.9 Å². The van der Waals surface area contributed by atoms with E-state index in [0.717, 1.165) is 33.4 Å². The van der Waals surface area contributed by atoms with Crippen molar-refractivity contribution in [1.29, 1.82) is 0 Å². The van der Waals surface area contributed by atoms with Crippen molar-refractivity contribution in [2.75, 3.05) is 0 Å². The van der Waals surface area contributed by atoms with Crippen LogP contribution in [0.2, 0.25) is 0 Å². The molecule has 0 unspecified atom stereocenters. The number of nitrogens with zero attached hydrogens (tertiary/aromatic N) is 2. The van der Waals surface area contributed by atoms with E-state index in [0.29, 0.717) is 23.6 Å². The molecule has 0 spiro atoms. The Morgan fingerprint density at radius 2 is 1.14 bits per heavy atom. The highest BCUT2D eigenvalue weighted by Gasteiger charge is 2.24. The minimum Gasteiger partial charge on any atom is -0.592 e. The Hall–Kier alpha value is -3.01. The van der Waals surface area contributed by atoms with Crippen LogP contribution < -0.4 is 0 Å². The highest BCUT2D eigenvalue weighted by atomic mass is 27.0. The average molecular weight is 506 g/mol. The molecule has 0 bridgehead atoms. The maximum absolute atomic E-state index is 10.8. The molecule has 6 nitrogen and oxygen atoms in total. The Morgan fingerprint density at radius 1 is 0.750 bits per heavy atom. The first-order valence-corrected chi connectivity index (χ1v) is 11.7. The van der Waals surface area contributed by atoms with Crippen molar-refractivity contribution in [1.82, 2.24) is 0 Å². The maximum atomic E-state index is 10.8.